The van der Waals surface area contributed by atoms with Crippen molar-refractivity contribution in [2.75, 3.05) is 19.1 Å². The molecule has 0 aromatic heterocycles. The van der Waals surface area contributed by atoms with Gasteiger partial charge in [0.05, 0.1) is 0 Å². The summed E-state index contributed by atoms with van der Waals surface area (Å²) in [6.07, 6.45) is 1.06. The fourth-order valence-electron chi connectivity index (χ4n) is 0.509. The molecular weight excluding hydrogens is 208 g/mol. The van der Waals surface area contributed by atoms with Crippen LogP contribution in [-0.4, -0.2) is 50.4 Å². The Morgan fingerprint density at radius 2 is 1.33 bits per heavy atom. The third kappa shape index (κ3) is 1.76. The minimum Gasteiger partial charge on any atom is -0.391 e. The Morgan fingerprint density at radius 3 is 1.33 bits per heavy atom. The van der Waals surface area contributed by atoms with Crippen molar-refractivity contribution in [1.82, 2.24) is 0 Å². The first-order valence-corrected chi connectivity index (χ1v) is 6.57. The molecule has 0 aromatic carbocycles. The van der Waals surface area contributed by atoms with Crippen LogP contribution in [-0.2, 0) is 19.7 Å². The monoisotopic (exact) mass is 218 g/mol. The largest absolute Gasteiger partial charge is 0.391 e. The molecular formula is C4H10O6S2. The molecule has 0 radical (unpaired) electrons. The SMILES string of the molecule is CS(=O)(=O)C(O)(CO)S(C)(=O)=O. The van der Waals surface area contributed by atoms with Gasteiger partial charge in [-0.15, -0.1) is 0 Å². The molecule has 0 spiro atoms. The number of hydrogen-bond acceptors (Lipinski definition) is 6. The van der Waals surface area contributed by atoms with Crippen LogP contribution in [0.25, 0.3) is 0 Å². The third-order valence-electron chi connectivity index (χ3n) is 1.36. The first kappa shape index (κ1) is 11.8. The molecule has 74 valence electrons. The van der Waals surface area contributed by atoms with Crippen molar-refractivity contribution in [3.8, 4) is 0 Å². The lowest BCUT2D eigenvalue weighted by molar-refractivity contribution is 0.119. The zero-order chi connectivity index (χ0) is 10.2. The van der Waals surface area contributed by atoms with Gasteiger partial charge in [-0.25, -0.2) is 16.8 Å². The normalized spacial score (nSPS) is 14.7. The zero-order valence-electron chi connectivity index (χ0n) is 6.55. The maximum Gasteiger partial charge on any atom is 0.290 e. The highest BCUT2D eigenvalue weighted by atomic mass is 32.3. The zero-order valence-corrected chi connectivity index (χ0v) is 8.18. The molecule has 0 saturated heterocycles. The molecule has 0 fully saturated rings. The second-order valence-electron chi connectivity index (χ2n) is 2.42. The topological polar surface area (TPSA) is 109 Å². The van der Waals surface area contributed by atoms with Gasteiger partial charge < -0.3 is 10.2 Å². The maximum atomic E-state index is 10.7. The van der Waals surface area contributed by atoms with E-state index in [4.69, 9.17) is 10.2 Å². The lowest BCUT2D eigenvalue weighted by Gasteiger charge is -2.20. The molecule has 0 aliphatic carbocycles. The van der Waals surface area contributed by atoms with E-state index in [1.807, 2.05) is 0 Å². The van der Waals surface area contributed by atoms with Gasteiger partial charge in [-0.2, -0.15) is 0 Å². The van der Waals surface area contributed by atoms with E-state index in [1.165, 1.54) is 0 Å². The Balaban J connectivity index is 5.58. The van der Waals surface area contributed by atoms with Gasteiger partial charge in [0.25, 0.3) is 4.27 Å². The van der Waals surface area contributed by atoms with Gasteiger partial charge in [0.2, 0.25) is 0 Å². The van der Waals surface area contributed by atoms with Crippen LogP contribution in [0.5, 0.6) is 0 Å². The standard InChI is InChI=1S/C4H10O6S2/c1-11(7,8)4(6,3-5)12(2,9)10/h5-6H,3H2,1-2H3. The van der Waals surface area contributed by atoms with Crippen LogP contribution >= 0.6 is 0 Å². The quantitative estimate of drug-likeness (QED) is 0.552. The molecule has 6 nitrogen and oxygen atoms in total. The molecule has 2 N–H and O–H groups in total. The van der Waals surface area contributed by atoms with E-state index in [0.29, 0.717) is 12.5 Å². The Hall–Kier alpha value is -0.180. The second-order valence-corrected chi connectivity index (χ2v) is 7.11. The summed E-state index contributed by atoms with van der Waals surface area (Å²) >= 11 is 0. The summed E-state index contributed by atoms with van der Waals surface area (Å²) in [5, 5.41) is 17.5. The minimum atomic E-state index is -4.25. The Kier molecular flexibility index (Phi) is 2.90. The summed E-state index contributed by atoms with van der Waals surface area (Å²) in [4.78, 5) is 0. The van der Waals surface area contributed by atoms with E-state index >= 15 is 0 Å². The summed E-state index contributed by atoms with van der Waals surface area (Å²) in [6, 6.07) is 0. The van der Waals surface area contributed by atoms with E-state index in [2.05, 4.69) is 0 Å². The van der Waals surface area contributed by atoms with Crippen LogP contribution in [0.4, 0.5) is 0 Å². The molecule has 0 bridgehead atoms. The van der Waals surface area contributed by atoms with E-state index in [0.717, 1.165) is 0 Å². The highest BCUT2D eigenvalue weighted by molar-refractivity contribution is 8.09. The minimum absolute atomic E-state index is 0.532. The van der Waals surface area contributed by atoms with Gasteiger partial charge >= 0.3 is 0 Å². The van der Waals surface area contributed by atoms with Gasteiger partial charge in [-0.1, -0.05) is 0 Å². The van der Waals surface area contributed by atoms with Crippen LogP contribution in [0, 0.1) is 0 Å². The molecule has 0 atom stereocenters. The predicted octanol–water partition coefficient (Wildman–Crippen LogP) is -2.29. The highest BCUT2D eigenvalue weighted by Crippen LogP contribution is 2.18. The van der Waals surface area contributed by atoms with Crippen molar-refractivity contribution >= 4 is 19.7 Å². The third-order valence-corrected chi connectivity index (χ3v) is 5.75. The highest BCUT2D eigenvalue weighted by Gasteiger charge is 2.48. The molecule has 0 aromatic rings. The van der Waals surface area contributed by atoms with Crippen molar-refractivity contribution < 1.29 is 27.0 Å². The van der Waals surface area contributed by atoms with Crippen molar-refractivity contribution in [1.29, 1.82) is 0 Å². The van der Waals surface area contributed by atoms with Crippen LogP contribution < -0.4 is 0 Å². The first-order valence-electron chi connectivity index (χ1n) is 2.78. The van der Waals surface area contributed by atoms with Crippen LogP contribution in [0.2, 0.25) is 0 Å². The van der Waals surface area contributed by atoms with Gasteiger partial charge in [-0.3, -0.25) is 0 Å². The molecule has 0 aliphatic rings. The fraction of sp³-hybridized carbons (Fsp3) is 1.00. The second kappa shape index (κ2) is 2.95. The predicted molar refractivity (Wildman–Crippen MR) is 41.7 cm³/mol. The Morgan fingerprint density at radius 1 is 1.08 bits per heavy atom. The van der Waals surface area contributed by atoms with Gasteiger partial charge in [-0.05, 0) is 0 Å². The number of aliphatic hydroxyl groups excluding tert-OH is 1. The van der Waals surface area contributed by atoms with E-state index < -0.39 is 30.5 Å². The molecule has 0 rings (SSSR count). The van der Waals surface area contributed by atoms with Crippen LogP contribution in [0.15, 0.2) is 0 Å². The summed E-state index contributed by atoms with van der Waals surface area (Å²) in [6.45, 7) is -1.37. The number of aliphatic hydroxyl groups is 2. The molecule has 8 heteroatoms. The molecule has 0 aliphatic heterocycles. The maximum absolute atomic E-state index is 10.7. The average Bonchev–Trinajstić information content (AvgIpc) is 1.81. The van der Waals surface area contributed by atoms with E-state index in [1.54, 1.807) is 0 Å². The summed E-state index contributed by atoms with van der Waals surface area (Å²) in [5.74, 6) is 0. The number of hydrogen-bond donors (Lipinski definition) is 2. The van der Waals surface area contributed by atoms with Crippen molar-refractivity contribution in [2.24, 2.45) is 0 Å². The molecule has 0 amide bonds. The van der Waals surface area contributed by atoms with Crippen LogP contribution in [0.1, 0.15) is 0 Å². The summed E-state index contributed by atoms with van der Waals surface area (Å²) in [7, 11) is -8.51. The van der Waals surface area contributed by atoms with E-state index in [-0.39, 0.29) is 0 Å². The van der Waals surface area contributed by atoms with Crippen molar-refractivity contribution in [2.45, 2.75) is 4.27 Å². The molecule has 12 heavy (non-hydrogen) atoms. The summed E-state index contributed by atoms with van der Waals surface area (Å²) < 4.78 is 39.9. The van der Waals surface area contributed by atoms with Crippen molar-refractivity contribution in [3.63, 3.8) is 0 Å². The molecule has 0 heterocycles. The summed E-state index contributed by atoms with van der Waals surface area (Å²) in [5.41, 5.74) is 0. The number of rotatable bonds is 3. The molecule has 0 unspecified atom stereocenters. The average molecular weight is 218 g/mol. The van der Waals surface area contributed by atoms with Gasteiger partial charge in [0.15, 0.2) is 19.7 Å². The van der Waals surface area contributed by atoms with Gasteiger partial charge in [0, 0.05) is 12.5 Å². The van der Waals surface area contributed by atoms with Gasteiger partial charge in [0.1, 0.15) is 6.61 Å². The fourth-order valence-corrected chi connectivity index (χ4v) is 3.18. The number of sulfone groups is 2. The lowest BCUT2D eigenvalue weighted by atomic mass is 10.8. The van der Waals surface area contributed by atoms with E-state index in [9.17, 15) is 16.8 Å². The first-order chi connectivity index (χ1) is 5.06. The Labute approximate surface area is 70.7 Å². The van der Waals surface area contributed by atoms with Crippen molar-refractivity contribution in [3.05, 3.63) is 0 Å². The van der Waals surface area contributed by atoms with Crippen LogP contribution in [0.3, 0.4) is 0 Å². The Bertz CT molecular complexity index is 317. The smallest absolute Gasteiger partial charge is 0.290 e. The lowest BCUT2D eigenvalue weighted by Crippen LogP contribution is -2.48. The molecule has 0 saturated carbocycles.